The number of rotatable bonds is 6. The minimum absolute atomic E-state index is 0. The highest BCUT2D eigenvalue weighted by atomic mass is 127. The summed E-state index contributed by atoms with van der Waals surface area (Å²) in [5, 5.41) is 11.3. The van der Waals surface area contributed by atoms with Gasteiger partial charge in [0.05, 0.1) is 11.9 Å². The van der Waals surface area contributed by atoms with Crippen molar-refractivity contribution in [2.45, 2.75) is 72.9 Å². The van der Waals surface area contributed by atoms with Crippen LogP contribution in [0.25, 0.3) is 0 Å². The Labute approximate surface area is 185 Å². The van der Waals surface area contributed by atoms with Crippen molar-refractivity contribution in [3.05, 3.63) is 34.8 Å². The van der Waals surface area contributed by atoms with Crippen LogP contribution >= 0.6 is 24.0 Å². The van der Waals surface area contributed by atoms with Crippen LogP contribution in [0.1, 0.15) is 63.2 Å². The van der Waals surface area contributed by atoms with Gasteiger partial charge in [0.25, 0.3) is 0 Å². The number of halogens is 1. The molecule has 7 nitrogen and oxygen atoms in total. The number of nitrogens with zero attached hydrogens (tertiary/aromatic N) is 4. The Kier molecular flexibility index (Phi) is 8.97. The normalized spacial score (nSPS) is 13.2. The molecule has 1 atom stereocenters. The number of hydrogen-bond acceptors (Lipinski definition) is 4. The molecule has 1 unspecified atom stereocenters. The summed E-state index contributed by atoms with van der Waals surface area (Å²) in [6.45, 7) is 15.9. The third-order valence-corrected chi connectivity index (χ3v) is 4.56. The van der Waals surface area contributed by atoms with Gasteiger partial charge in [-0.05, 0) is 39.7 Å². The van der Waals surface area contributed by atoms with E-state index in [1.165, 1.54) is 11.3 Å². The molecule has 0 fully saturated rings. The number of nitrogens with one attached hydrogen (secondary N) is 2. The highest BCUT2D eigenvalue weighted by Gasteiger charge is 2.19. The van der Waals surface area contributed by atoms with Gasteiger partial charge in [0.2, 0.25) is 5.89 Å². The summed E-state index contributed by atoms with van der Waals surface area (Å²) in [7, 11) is 1.98. The van der Waals surface area contributed by atoms with E-state index in [2.05, 4.69) is 74.2 Å². The van der Waals surface area contributed by atoms with Crippen molar-refractivity contribution in [2.24, 2.45) is 12.0 Å². The monoisotopic (exact) mass is 502 g/mol. The Bertz CT molecular complexity index is 787. The highest BCUT2D eigenvalue weighted by molar-refractivity contribution is 14.0. The first kappa shape index (κ1) is 24.5. The predicted molar refractivity (Wildman–Crippen MR) is 124 cm³/mol. The largest absolute Gasteiger partial charge is 0.443 e. The van der Waals surface area contributed by atoms with Crippen LogP contribution < -0.4 is 10.6 Å². The van der Waals surface area contributed by atoms with Gasteiger partial charge in [0, 0.05) is 30.7 Å². The van der Waals surface area contributed by atoms with Gasteiger partial charge in [-0.1, -0.05) is 20.8 Å². The van der Waals surface area contributed by atoms with Crippen LogP contribution in [0.3, 0.4) is 0 Å². The maximum atomic E-state index is 5.83. The van der Waals surface area contributed by atoms with Gasteiger partial charge in [-0.15, -0.1) is 24.0 Å². The number of oxazole rings is 1. The molecule has 158 valence electrons. The summed E-state index contributed by atoms with van der Waals surface area (Å²) in [4.78, 5) is 8.98. The molecule has 0 radical (unpaired) electrons. The molecule has 2 rings (SSSR count). The van der Waals surface area contributed by atoms with Gasteiger partial charge in [0.1, 0.15) is 12.3 Å². The van der Waals surface area contributed by atoms with Crippen molar-refractivity contribution in [2.75, 3.05) is 6.54 Å². The third kappa shape index (κ3) is 6.49. The highest BCUT2D eigenvalue weighted by Crippen LogP contribution is 2.22. The Morgan fingerprint density at radius 1 is 1.32 bits per heavy atom. The molecule has 2 heterocycles. The Morgan fingerprint density at radius 2 is 2.00 bits per heavy atom. The third-order valence-electron chi connectivity index (χ3n) is 4.56. The van der Waals surface area contributed by atoms with Crippen LogP contribution in [0.15, 0.2) is 15.6 Å². The second kappa shape index (κ2) is 10.3. The van der Waals surface area contributed by atoms with Crippen LogP contribution in [0, 0.1) is 13.8 Å². The molecule has 2 aromatic heterocycles. The molecule has 0 spiro atoms. The molecule has 0 bridgehead atoms. The molecule has 0 amide bonds. The molecule has 0 aliphatic heterocycles. The van der Waals surface area contributed by atoms with Crippen molar-refractivity contribution in [1.82, 2.24) is 25.4 Å². The standard InChI is InChI=1S/C20H34N6O.HI/c1-9-21-19(23-12-18-22-11-17(27-18)20(5,6)7)24-13(2)10-16-14(3)25-26(8)15(16)4;/h11,13H,9-10,12H2,1-8H3,(H2,21,23,24);1H. The molecular formula is C20H35IN6O. The van der Waals surface area contributed by atoms with Crippen LogP contribution in [0.4, 0.5) is 0 Å². The van der Waals surface area contributed by atoms with Gasteiger partial charge in [-0.2, -0.15) is 5.10 Å². The lowest BCUT2D eigenvalue weighted by atomic mass is 9.94. The summed E-state index contributed by atoms with van der Waals surface area (Å²) in [5.41, 5.74) is 3.53. The molecule has 0 aromatic carbocycles. The number of aryl methyl sites for hydroxylation is 2. The lowest BCUT2D eigenvalue weighted by Gasteiger charge is -2.18. The fourth-order valence-electron chi connectivity index (χ4n) is 2.90. The summed E-state index contributed by atoms with van der Waals surface area (Å²) in [6, 6.07) is 0.221. The van der Waals surface area contributed by atoms with Crippen LogP contribution in [0.5, 0.6) is 0 Å². The molecule has 2 aromatic rings. The number of hydrogen-bond donors (Lipinski definition) is 2. The minimum atomic E-state index is -0.0499. The second-order valence-corrected chi connectivity index (χ2v) is 8.09. The van der Waals surface area contributed by atoms with Gasteiger partial charge in [0.15, 0.2) is 5.96 Å². The van der Waals surface area contributed by atoms with Crippen LogP contribution in [-0.2, 0) is 25.4 Å². The van der Waals surface area contributed by atoms with E-state index in [9.17, 15) is 0 Å². The van der Waals surface area contributed by atoms with E-state index < -0.39 is 0 Å². The molecule has 0 aliphatic carbocycles. The van der Waals surface area contributed by atoms with E-state index >= 15 is 0 Å². The van der Waals surface area contributed by atoms with Crippen LogP contribution in [0.2, 0.25) is 0 Å². The fourth-order valence-corrected chi connectivity index (χ4v) is 2.90. The predicted octanol–water partition coefficient (Wildman–Crippen LogP) is 3.63. The minimum Gasteiger partial charge on any atom is -0.443 e. The lowest BCUT2D eigenvalue weighted by Crippen LogP contribution is -2.43. The molecule has 2 N–H and O–H groups in total. The van der Waals surface area contributed by atoms with E-state index in [1.54, 1.807) is 6.20 Å². The SMILES string of the molecule is CCNC(=NCc1ncc(C(C)(C)C)o1)NC(C)Cc1c(C)nn(C)c1C.I. The van der Waals surface area contributed by atoms with E-state index in [-0.39, 0.29) is 35.4 Å². The molecule has 0 aliphatic rings. The van der Waals surface area contributed by atoms with E-state index in [1.807, 2.05) is 11.7 Å². The average Bonchev–Trinajstić information content (AvgIpc) is 3.14. The summed E-state index contributed by atoms with van der Waals surface area (Å²) < 4.78 is 7.76. The van der Waals surface area contributed by atoms with Gasteiger partial charge < -0.3 is 15.1 Å². The molecule has 28 heavy (non-hydrogen) atoms. The quantitative estimate of drug-likeness (QED) is 0.358. The Morgan fingerprint density at radius 3 is 2.50 bits per heavy atom. The summed E-state index contributed by atoms with van der Waals surface area (Å²) in [6.07, 6.45) is 2.69. The first-order valence-corrected chi connectivity index (χ1v) is 9.61. The molecular weight excluding hydrogens is 467 g/mol. The summed E-state index contributed by atoms with van der Waals surface area (Å²) >= 11 is 0. The van der Waals surface area contributed by atoms with E-state index in [0.717, 1.165) is 30.4 Å². The van der Waals surface area contributed by atoms with Crippen LogP contribution in [-0.4, -0.2) is 33.3 Å². The van der Waals surface area contributed by atoms with Crippen molar-refractivity contribution >= 4 is 29.9 Å². The Balaban J connectivity index is 0.00000392. The molecule has 0 saturated carbocycles. The van der Waals surface area contributed by atoms with Gasteiger partial charge in [-0.25, -0.2) is 9.98 Å². The van der Waals surface area contributed by atoms with Gasteiger partial charge >= 0.3 is 0 Å². The van der Waals surface area contributed by atoms with E-state index in [0.29, 0.717) is 12.4 Å². The Hall–Kier alpha value is -1.58. The average molecular weight is 502 g/mol. The maximum absolute atomic E-state index is 5.83. The first-order chi connectivity index (χ1) is 12.6. The van der Waals surface area contributed by atoms with Crippen molar-refractivity contribution in [1.29, 1.82) is 0 Å². The second-order valence-electron chi connectivity index (χ2n) is 8.09. The zero-order chi connectivity index (χ0) is 20.2. The molecule has 8 heteroatoms. The van der Waals surface area contributed by atoms with Crippen molar-refractivity contribution in [3.8, 4) is 0 Å². The zero-order valence-corrected chi connectivity index (χ0v) is 20.7. The van der Waals surface area contributed by atoms with Crippen molar-refractivity contribution < 1.29 is 4.42 Å². The number of guanidine groups is 1. The number of aliphatic imine (C=N–C) groups is 1. The van der Waals surface area contributed by atoms with E-state index in [4.69, 9.17) is 4.42 Å². The summed E-state index contributed by atoms with van der Waals surface area (Å²) in [5.74, 6) is 2.27. The number of aromatic nitrogens is 3. The fraction of sp³-hybridized carbons (Fsp3) is 0.650. The smallest absolute Gasteiger partial charge is 0.216 e. The van der Waals surface area contributed by atoms with Crippen molar-refractivity contribution in [3.63, 3.8) is 0 Å². The van der Waals surface area contributed by atoms with Gasteiger partial charge in [-0.3, -0.25) is 4.68 Å². The maximum Gasteiger partial charge on any atom is 0.216 e. The topological polar surface area (TPSA) is 80.3 Å². The first-order valence-electron chi connectivity index (χ1n) is 9.61. The lowest BCUT2D eigenvalue weighted by molar-refractivity contribution is 0.383. The molecule has 0 saturated heterocycles. The zero-order valence-electron chi connectivity index (χ0n) is 18.4.